The van der Waals surface area contributed by atoms with Gasteiger partial charge in [0.1, 0.15) is 0 Å². The predicted octanol–water partition coefficient (Wildman–Crippen LogP) is 8.31. The molecule has 2 nitrogen and oxygen atoms in total. The number of rotatable bonds is 4. The molecule has 0 aromatic carbocycles. The first-order chi connectivity index (χ1) is 16.2. The van der Waals surface area contributed by atoms with E-state index in [1.807, 2.05) is 0 Å². The van der Waals surface area contributed by atoms with E-state index in [4.69, 9.17) is 0 Å². The zero-order chi connectivity index (χ0) is 25.4. The fourth-order valence-corrected chi connectivity index (χ4v) is 10.5. The average molecular weight is 485 g/mol. The summed E-state index contributed by atoms with van der Waals surface area (Å²) in [4.78, 5) is 0. The molecule has 0 radical (unpaired) electrons. The molecule has 5 aliphatic rings. The van der Waals surface area contributed by atoms with E-state index in [1.165, 1.54) is 51.4 Å². The third-order valence-electron chi connectivity index (χ3n) is 13.1. The summed E-state index contributed by atoms with van der Waals surface area (Å²) in [5.74, 6) is 4.63. The molecule has 2 N–H and O–H groups in total. The fraction of sp³-hybridized carbons (Fsp3) is 0.939. The van der Waals surface area contributed by atoms with Gasteiger partial charge >= 0.3 is 0 Å². The van der Waals surface area contributed by atoms with Crippen LogP contribution >= 0.6 is 0 Å². The van der Waals surface area contributed by atoms with Gasteiger partial charge in [0, 0.05) is 0 Å². The SMILES string of the molecule is C[C@@H]1C=C2C[C@@](C)(O)CC[C@]2(C)[C@H]2CC[C@]3(C)[C@@H]([C@H](C)CCC4(O)CCC(C)(C)CC4)CC[C@H]3[C@H]12. The van der Waals surface area contributed by atoms with Gasteiger partial charge in [0.2, 0.25) is 0 Å². The van der Waals surface area contributed by atoms with E-state index in [9.17, 15) is 10.2 Å². The summed E-state index contributed by atoms with van der Waals surface area (Å²) >= 11 is 0. The molecule has 35 heavy (non-hydrogen) atoms. The minimum atomic E-state index is -0.507. The van der Waals surface area contributed by atoms with E-state index in [2.05, 4.69) is 54.5 Å². The molecule has 2 heteroatoms. The van der Waals surface area contributed by atoms with Crippen molar-refractivity contribution in [2.24, 2.45) is 51.8 Å². The molecule has 9 atom stereocenters. The molecule has 0 aliphatic heterocycles. The van der Waals surface area contributed by atoms with Crippen molar-refractivity contribution in [3.05, 3.63) is 11.6 Å². The number of hydrogen-bond donors (Lipinski definition) is 2. The maximum atomic E-state index is 11.3. The van der Waals surface area contributed by atoms with Crippen molar-refractivity contribution < 1.29 is 10.2 Å². The minimum absolute atomic E-state index is 0.308. The quantitative estimate of drug-likeness (QED) is 0.394. The molecule has 0 heterocycles. The molecule has 0 unspecified atom stereocenters. The van der Waals surface area contributed by atoms with E-state index >= 15 is 0 Å². The summed E-state index contributed by atoms with van der Waals surface area (Å²) in [6, 6.07) is 0. The fourth-order valence-electron chi connectivity index (χ4n) is 10.5. The maximum absolute atomic E-state index is 11.3. The summed E-state index contributed by atoms with van der Waals surface area (Å²) in [6.45, 7) is 17.0. The van der Waals surface area contributed by atoms with Crippen LogP contribution in [-0.4, -0.2) is 21.4 Å². The highest BCUT2D eigenvalue weighted by Crippen LogP contribution is 2.68. The summed E-state index contributed by atoms with van der Waals surface area (Å²) in [5.41, 5.74) is 1.86. The van der Waals surface area contributed by atoms with Gasteiger partial charge in [0.15, 0.2) is 0 Å². The van der Waals surface area contributed by atoms with Crippen LogP contribution in [-0.2, 0) is 0 Å². The smallest absolute Gasteiger partial charge is 0.0657 e. The first-order valence-electron chi connectivity index (χ1n) is 15.3. The normalized spacial score (nSPS) is 49.4. The first-order valence-corrected chi connectivity index (χ1v) is 15.3. The number of fused-ring (bicyclic) bond motifs is 5. The van der Waals surface area contributed by atoms with Crippen LogP contribution in [0.2, 0.25) is 0 Å². The van der Waals surface area contributed by atoms with Gasteiger partial charge in [-0.1, -0.05) is 53.2 Å². The second kappa shape index (κ2) is 8.59. The van der Waals surface area contributed by atoms with Gasteiger partial charge in [0.05, 0.1) is 11.2 Å². The zero-order valence-corrected chi connectivity index (χ0v) is 24.1. The minimum Gasteiger partial charge on any atom is -0.390 e. The second-order valence-corrected chi connectivity index (χ2v) is 16.1. The van der Waals surface area contributed by atoms with Crippen molar-refractivity contribution >= 4 is 0 Å². The standard InChI is InChI=1S/C33H56O2/c1-22(10-13-33(35)18-14-29(3,4)15-19-33)25-8-9-26-28-23(2)20-24-21-30(5,34)16-17-31(24,6)27(28)11-12-32(25,26)7/h20,22-23,25-28,34-35H,8-19,21H2,1-7H3/t22-,23-,25-,26+,27+,28+,30+,31+,32-/m1/s1. The van der Waals surface area contributed by atoms with Gasteiger partial charge in [-0.3, -0.25) is 0 Å². The van der Waals surface area contributed by atoms with Gasteiger partial charge in [-0.05, 0) is 142 Å². The van der Waals surface area contributed by atoms with Crippen molar-refractivity contribution in [1.82, 2.24) is 0 Å². The van der Waals surface area contributed by atoms with E-state index in [-0.39, 0.29) is 0 Å². The molecular formula is C33H56O2. The van der Waals surface area contributed by atoms with Crippen molar-refractivity contribution in [3.8, 4) is 0 Å². The molecule has 0 aromatic rings. The average Bonchev–Trinajstić information content (AvgIpc) is 3.13. The van der Waals surface area contributed by atoms with Gasteiger partial charge < -0.3 is 10.2 Å². The van der Waals surface area contributed by atoms with Crippen molar-refractivity contribution in [2.75, 3.05) is 0 Å². The molecule has 0 spiro atoms. The Bertz CT molecular complexity index is 828. The van der Waals surface area contributed by atoms with Crippen LogP contribution in [0.15, 0.2) is 11.6 Å². The molecule has 0 amide bonds. The largest absolute Gasteiger partial charge is 0.390 e. The van der Waals surface area contributed by atoms with Crippen LogP contribution in [0.5, 0.6) is 0 Å². The highest BCUT2D eigenvalue weighted by atomic mass is 16.3. The number of aliphatic hydroxyl groups is 2. The molecular weight excluding hydrogens is 428 g/mol. The third kappa shape index (κ3) is 4.49. The van der Waals surface area contributed by atoms with Crippen molar-refractivity contribution in [2.45, 2.75) is 143 Å². The topological polar surface area (TPSA) is 40.5 Å². The van der Waals surface area contributed by atoms with Crippen molar-refractivity contribution in [1.29, 1.82) is 0 Å². The van der Waals surface area contributed by atoms with Crippen LogP contribution in [0.3, 0.4) is 0 Å². The van der Waals surface area contributed by atoms with Gasteiger partial charge in [-0.15, -0.1) is 0 Å². The lowest BCUT2D eigenvalue weighted by Crippen LogP contribution is -2.54. The van der Waals surface area contributed by atoms with Crippen LogP contribution in [0, 0.1) is 51.8 Å². The first kappa shape index (κ1) is 26.3. The van der Waals surface area contributed by atoms with E-state index in [1.54, 1.807) is 5.57 Å². The summed E-state index contributed by atoms with van der Waals surface area (Å²) in [5, 5.41) is 22.2. The lowest BCUT2D eigenvalue weighted by atomic mass is 9.44. The highest BCUT2D eigenvalue weighted by Gasteiger charge is 2.61. The summed E-state index contributed by atoms with van der Waals surface area (Å²) in [6.07, 6.45) is 17.7. The van der Waals surface area contributed by atoms with E-state index in [0.29, 0.717) is 28.1 Å². The highest BCUT2D eigenvalue weighted by molar-refractivity contribution is 5.28. The summed E-state index contributed by atoms with van der Waals surface area (Å²) in [7, 11) is 0. The van der Waals surface area contributed by atoms with Gasteiger partial charge in [-0.2, -0.15) is 0 Å². The Labute approximate surface area is 216 Å². The molecule has 5 aliphatic carbocycles. The van der Waals surface area contributed by atoms with Crippen LogP contribution in [0.25, 0.3) is 0 Å². The molecule has 4 fully saturated rings. The Morgan fingerprint density at radius 3 is 2.23 bits per heavy atom. The van der Waals surface area contributed by atoms with Gasteiger partial charge in [0.25, 0.3) is 0 Å². The molecule has 0 aromatic heterocycles. The monoisotopic (exact) mass is 484 g/mol. The van der Waals surface area contributed by atoms with Crippen LogP contribution < -0.4 is 0 Å². The van der Waals surface area contributed by atoms with Crippen LogP contribution in [0.4, 0.5) is 0 Å². The van der Waals surface area contributed by atoms with Crippen LogP contribution in [0.1, 0.15) is 132 Å². The lowest BCUT2D eigenvalue weighted by Gasteiger charge is -2.60. The van der Waals surface area contributed by atoms with E-state index < -0.39 is 11.2 Å². The Morgan fingerprint density at radius 1 is 0.857 bits per heavy atom. The molecule has 200 valence electrons. The number of allylic oxidation sites excluding steroid dienone is 1. The Hall–Kier alpha value is -0.340. The summed E-state index contributed by atoms with van der Waals surface area (Å²) < 4.78 is 0. The molecule has 4 saturated carbocycles. The molecule has 0 bridgehead atoms. The predicted molar refractivity (Wildman–Crippen MR) is 146 cm³/mol. The second-order valence-electron chi connectivity index (χ2n) is 16.1. The maximum Gasteiger partial charge on any atom is 0.0657 e. The number of hydrogen-bond acceptors (Lipinski definition) is 2. The molecule has 5 rings (SSSR count). The van der Waals surface area contributed by atoms with Crippen molar-refractivity contribution in [3.63, 3.8) is 0 Å². The zero-order valence-electron chi connectivity index (χ0n) is 24.1. The van der Waals surface area contributed by atoms with Gasteiger partial charge in [-0.25, -0.2) is 0 Å². The Morgan fingerprint density at radius 2 is 1.54 bits per heavy atom. The molecule has 0 saturated heterocycles. The Kier molecular flexibility index (Phi) is 6.45. The lowest BCUT2D eigenvalue weighted by molar-refractivity contribution is -0.0859. The Balaban J connectivity index is 1.29. The third-order valence-corrected chi connectivity index (χ3v) is 13.1. The van der Waals surface area contributed by atoms with E-state index in [0.717, 1.165) is 55.8 Å².